The molecule has 0 spiro atoms. The lowest BCUT2D eigenvalue weighted by Gasteiger charge is -2.07. The highest BCUT2D eigenvalue weighted by Crippen LogP contribution is 2.23. The summed E-state index contributed by atoms with van der Waals surface area (Å²) in [7, 11) is 0. The summed E-state index contributed by atoms with van der Waals surface area (Å²) in [5, 5.41) is 9.29. The first-order valence-electron chi connectivity index (χ1n) is 7.11. The molecule has 0 atom stereocenters. The van der Waals surface area contributed by atoms with Gasteiger partial charge in [-0.15, -0.1) is 0 Å². The Labute approximate surface area is 135 Å². The first-order valence-corrected chi connectivity index (χ1v) is 7.11. The number of ether oxygens (including phenoxy) is 1. The predicted molar refractivity (Wildman–Crippen MR) is 93.7 cm³/mol. The van der Waals surface area contributed by atoms with Crippen molar-refractivity contribution in [2.45, 2.75) is 6.92 Å². The maximum atomic E-state index is 12.1. The molecule has 0 heterocycles. The number of esters is 1. The lowest BCUT2D eigenvalue weighted by atomic mass is 10.1. The van der Waals surface area contributed by atoms with Crippen LogP contribution in [-0.4, -0.2) is 11.8 Å². The molecule has 0 radical (unpaired) electrons. The first-order chi connectivity index (χ1) is 11.0. The number of amidine groups is 1. The van der Waals surface area contributed by atoms with E-state index in [4.69, 9.17) is 15.9 Å². The van der Waals surface area contributed by atoms with Gasteiger partial charge in [0.15, 0.2) is 0 Å². The molecule has 0 aromatic heterocycles. The molecule has 23 heavy (non-hydrogen) atoms. The van der Waals surface area contributed by atoms with Crippen molar-refractivity contribution in [3.05, 3.63) is 78.4 Å². The van der Waals surface area contributed by atoms with E-state index >= 15 is 0 Å². The molecule has 0 saturated carbocycles. The molecule has 4 nitrogen and oxygen atoms in total. The minimum atomic E-state index is -0.442. The second kappa shape index (κ2) is 7.22. The Bertz CT molecular complexity index is 832. The molecule has 2 aromatic carbocycles. The Balaban J connectivity index is 2.29. The predicted octanol–water partition coefficient (Wildman–Crippen LogP) is 3.72. The van der Waals surface area contributed by atoms with E-state index in [0.29, 0.717) is 16.9 Å². The Hall–Kier alpha value is -3.14. The van der Waals surface area contributed by atoms with Crippen LogP contribution in [0.25, 0.3) is 10.8 Å². The zero-order chi connectivity index (χ0) is 16.8. The highest BCUT2D eigenvalue weighted by molar-refractivity contribution is 5.99. The number of benzene rings is 2. The molecule has 0 aliphatic rings. The van der Waals surface area contributed by atoms with E-state index in [1.54, 1.807) is 42.5 Å². The Morgan fingerprint density at radius 2 is 1.91 bits per heavy atom. The third kappa shape index (κ3) is 3.95. The van der Waals surface area contributed by atoms with Gasteiger partial charge < -0.3 is 10.5 Å². The van der Waals surface area contributed by atoms with Gasteiger partial charge in [-0.2, -0.15) is 0 Å². The van der Waals surface area contributed by atoms with Crippen LogP contribution in [0.15, 0.2) is 72.9 Å². The van der Waals surface area contributed by atoms with E-state index in [0.717, 1.165) is 10.8 Å². The summed E-state index contributed by atoms with van der Waals surface area (Å²) >= 11 is 0. The summed E-state index contributed by atoms with van der Waals surface area (Å²) in [6, 6.07) is 10.8. The van der Waals surface area contributed by atoms with Gasteiger partial charge >= 0.3 is 5.97 Å². The molecule has 0 unspecified atom stereocenters. The monoisotopic (exact) mass is 306 g/mol. The van der Waals surface area contributed by atoms with Crippen LogP contribution in [0.5, 0.6) is 5.75 Å². The van der Waals surface area contributed by atoms with Crippen LogP contribution in [0, 0.1) is 5.41 Å². The topological polar surface area (TPSA) is 76.2 Å². The Morgan fingerprint density at radius 1 is 1.22 bits per heavy atom. The van der Waals surface area contributed by atoms with Crippen molar-refractivity contribution in [1.29, 1.82) is 5.41 Å². The van der Waals surface area contributed by atoms with Crippen molar-refractivity contribution >= 4 is 22.6 Å². The molecule has 116 valence electrons. The van der Waals surface area contributed by atoms with Crippen molar-refractivity contribution in [1.82, 2.24) is 0 Å². The summed E-state index contributed by atoms with van der Waals surface area (Å²) in [5.74, 6) is 0.0354. The molecular formula is C19H18N2O2. The molecule has 0 fully saturated rings. The Kier molecular flexibility index (Phi) is 5.10. The molecule has 2 aromatic rings. The van der Waals surface area contributed by atoms with E-state index in [2.05, 4.69) is 6.58 Å². The van der Waals surface area contributed by atoms with Crippen LogP contribution in [0.4, 0.5) is 0 Å². The van der Waals surface area contributed by atoms with Gasteiger partial charge in [-0.25, -0.2) is 4.79 Å². The van der Waals surface area contributed by atoms with Crippen molar-refractivity contribution in [2.75, 3.05) is 0 Å². The van der Waals surface area contributed by atoms with Crippen molar-refractivity contribution in [3.8, 4) is 5.75 Å². The number of allylic oxidation sites excluding steroid dienone is 3. The van der Waals surface area contributed by atoms with Gasteiger partial charge in [0.2, 0.25) is 0 Å². The van der Waals surface area contributed by atoms with E-state index in [9.17, 15) is 4.79 Å². The zero-order valence-electron chi connectivity index (χ0n) is 12.9. The second-order valence-electron chi connectivity index (χ2n) is 4.88. The molecule has 0 saturated heterocycles. The molecule has 0 bridgehead atoms. The highest BCUT2D eigenvalue weighted by atomic mass is 16.5. The molecule has 3 N–H and O–H groups in total. The van der Waals surface area contributed by atoms with Crippen LogP contribution >= 0.6 is 0 Å². The van der Waals surface area contributed by atoms with Crippen molar-refractivity contribution < 1.29 is 9.53 Å². The van der Waals surface area contributed by atoms with Crippen LogP contribution < -0.4 is 10.5 Å². The van der Waals surface area contributed by atoms with Crippen LogP contribution in [0.1, 0.15) is 12.5 Å². The third-order valence-corrected chi connectivity index (χ3v) is 3.21. The van der Waals surface area contributed by atoms with Crippen LogP contribution in [0.2, 0.25) is 0 Å². The number of nitrogens with one attached hydrogen (secondary N) is 1. The van der Waals surface area contributed by atoms with Gasteiger partial charge in [-0.3, -0.25) is 5.41 Å². The minimum Gasteiger partial charge on any atom is -0.423 e. The maximum absolute atomic E-state index is 12.1. The smallest absolute Gasteiger partial charge is 0.343 e. The average Bonchev–Trinajstić information content (AvgIpc) is 2.54. The number of hydrogen-bond donors (Lipinski definition) is 2. The zero-order valence-corrected chi connectivity index (χ0v) is 12.9. The maximum Gasteiger partial charge on any atom is 0.343 e. The SMILES string of the molecule is C=C/C=C(\C=C/C)C(=O)Oc1ccc2cc(C(=N)N)ccc2c1. The molecule has 2 rings (SSSR count). The van der Waals surface area contributed by atoms with Gasteiger partial charge in [0.1, 0.15) is 11.6 Å². The fourth-order valence-corrected chi connectivity index (χ4v) is 2.12. The lowest BCUT2D eigenvalue weighted by molar-refractivity contribution is -0.129. The van der Waals surface area contributed by atoms with Gasteiger partial charge in [0, 0.05) is 5.56 Å². The lowest BCUT2D eigenvalue weighted by Crippen LogP contribution is -2.11. The van der Waals surface area contributed by atoms with E-state index in [1.165, 1.54) is 0 Å². The standard InChI is InChI=1S/C19H18N2O2/c1-3-5-13(6-4-2)19(22)23-17-10-9-14-11-16(18(20)21)8-7-15(14)12-17/h3-12H,1H2,2H3,(H3,20,21)/b6-4-,13-5+. The molecular weight excluding hydrogens is 288 g/mol. The summed E-state index contributed by atoms with van der Waals surface area (Å²) in [4.78, 5) is 12.1. The molecule has 4 heteroatoms. The molecule has 0 aliphatic carbocycles. The first kappa shape index (κ1) is 16.2. The van der Waals surface area contributed by atoms with E-state index in [1.807, 2.05) is 25.1 Å². The number of carbonyl (C=O) groups is 1. The quantitative estimate of drug-likeness (QED) is 0.221. The number of carbonyl (C=O) groups excluding carboxylic acids is 1. The van der Waals surface area contributed by atoms with Crippen LogP contribution in [-0.2, 0) is 4.79 Å². The summed E-state index contributed by atoms with van der Waals surface area (Å²) in [6.45, 7) is 5.42. The number of fused-ring (bicyclic) bond motifs is 1. The van der Waals surface area contributed by atoms with E-state index in [-0.39, 0.29) is 5.84 Å². The normalized spacial score (nSPS) is 11.6. The number of hydrogen-bond acceptors (Lipinski definition) is 3. The highest BCUT2D eigenvalue weighted by Gasteiger charge is 2.09. The van der Waals surface area contributed by atoms with Crippen molar-refractivity contribution in [2.24, 2.45) is 5.73 Å². The van der Waals surface area contributed by atoms with Gasteiger partial charge in [-0.1, -0.05) is 43.0 Å². The number of nitrogen functional groups attached to an aromatic ring is 1. The minimum absolute atomic E-state index is 0.0213. The fraction of sp³-hybridized carbons (Fsp3) is 0.0526. The summed E-state index contributed by atoms with van der Waals surface area (Å²) in [6.07, 6.45) is 6.58. The van der Waals surface area contributed by atoms with E-state index < -0.39 is 5.97 Å². The van der Waals surface area contributed by atoms with Gasteiger partial charge in [0.05, 0.1) is 5.57 Å². The average molecular weight is 306 g/mol. The second-order valence-corrected chi connectivity index (χ2v) is 4.88. The molecule has 0 amide bonds. The van der Waals surface area contributed by atoms with Gasteiger partial charge in [0.25, 0.3) is 0 Å². The third-order valence-electron chi connectivity index (χ3n) is 3.21. The fourth-order valence-electron chi connectivity index (χ4n) is 2.12. The Morgan fingerprint density at radius 3 is 2.57 bits per heavy atom. The van der Waals surface area contributed by atoms with Gasteiger partial charge in [-0.05, 0) is 42.0 Å². The van der Waals surface area contributed by atoms with Crippen molar-refractivity contribution in [3.63, 3.8) is 0 Å². The summed E-state index contributed by atoms with van der Waals surface area (Å²) < 4.78 is 5.39. The summed E-state index contributed by atoms with van der Waals surface area (Å²) in [5.41, 5.74) is 6.57. The largest absolute Gasteiger partial charge is 0.423 e. The number of nitrogens with two attached hydrogens (primary N) is 1. The molecule has 0 aliphatic heterocycles. The van der Waals surface area contributed by atoms with Crippen LogP contribution in [0.3, 0.4) is 0 Å². The number of rotatable bonds is 5.